The van der Waals surface area contributed by atoms with Gasteiger partial charge in [0.2, 0.25) is 0 Å². The van der Waals surface area contributed by atoms with E-state index in [1.165, 1.54) is 0 Å². The summed E-state index contributed by atoms with van der Waals surface area (Å²) in [4.78, 5) is 0. The van der Waals surface area contributed by atoms with E-state index in [4.69, 9.17) is 9.47 Å². The lowest BCUT2D eigenvalue weighted by Gasteiger charge is -2.28. The standard InChI is InChI=1S/C7H14O2S2/c1-3-9-7-5-11-10-4-6(7)8-2/h6-7H,3-5H2,1-2H3/t6-,7-/m0/s1. The molecule has 0 aromatic heterocycles. The first-order chi connectivity index (χ1) is 5.38. The van der Waals surface area contributed by atoms with Gasteiger partial charge in [-0.3, -0.25) is 0 Å². The molecule has 2 atom stereocenters. The molecule has 11 heavy (non-hydrogen) atoms. The van der Waals surface area contributed by atoms with Gasteiger partial charge in [0.05, 0.1) is 12.2 Å². The third-order valence-electron chi connectivity index (χ3n) is 1.65. The molecule has 1 aliphatic rings. The Balaban J connectivity index is 2.31. The number of methoxy groups -OCH3 is 1. The molecule has 1 saturated heterocycles. The van der Waals surface area contributed by atoms with Crippen molar-refractivity contribution in [3.8, 4) is 0 Å². The maximum Gasteiger partial charge on any atom is 0.0943 e. The summed E-state index contributed by atoms with van der Waals surface area (Å²) in [5, 5.41) is 0. The van der Waals surface area contributed by atoms with Crippen LogP contribution in [-0.2, 0) is 9.47 Å². The number of rotatable bonds is 3. The zero-order chi connectivity index (χ0) is 8.10. The van der Waals surface area contributed by atoms with E-state index in [2.05, 4.69) is 0 Å². The fraction of sp³-hybridized carbons (Fsp3) is 1.00. The van der Waals surface area contributed by atoms with E-state index in [1.807, 2.05) is 28.5 Å². The lowest BCUT2D eigenvalue weighted by molar-refractivity contribution is -0.0292. The van der Waals surface area contributed by atoms with Gasteiger partial charge in [-0.25, -0.2) is 0 Å². The highest BCUT2D eigenvalue weighted by Gasteiger charge is 2.25. The van der Waals surface area contributed by atoms with Crippen LogP contribution in [0.3, 0.4) is 0 Å². The second kappa shape index (κ2) is 5.30. The van der Waals surface area contributed by atoms with E-state index in [0.29, 0.717) is 12.2 Å². The van der Waals surface area contributed by atoms with Crippen molar-refractivity contribution in [2.45, 2.75) is 19.1 Å². The van der Waals surface area contributed by atoms with Crippen LogP contribution in [0.4, 0.5) is 0 Å². The highest BCUT2D eigenvalue weighted by atomic mass is 33.1. The molecule has 2 nitrogen and oxygen atoms in total. The summed E-state index contributed by atoms with van der Waals surface area (Å²) in [5.74, 6) is 2.10. The van der Waals surface area contributed by atoms with Gasteiger partial charge in [0.25, 0.3) is 0 Å². The quantitative estimate of drug-likeness (QED) is 0.637. The van der Waals surface area contributed by atoms with Gasteiger partial charge in [-0.1, -0.05) is 21.6 Å². The summed E-state index contributed by atoms with van der Waals surface area (Å²) in [6.07, 6.45) is 0.595. The summed E-state index contributed by atoms with van der Waals surface area (Å²) in [6.45, 7) is 2.81. The lowest BCUT2D eigenvalue weighted by atomic mass is 10.2. The van der Waals surface area contributed by atoms with Crippen molar-refractivity contribution < 1.29 is 9.47 Å². The van der Waals surface area contributed by atoms with Crippen molar-refractivity contribution in [3.05, 3.63) is 0 Å². The van der Waals surface area contributed by atoms with E-state index < -0.39 is 0 Å². The molecule has 0 bridgehead atoms. The fourth-order valence-corrected chi connectivity index (χ4v) is 3.54. The summed E-state index contributed by atoms with van der Waals surface area (Å²) < 4.78 is 10.8. The van der Waals surface area contributed by atoms with Crippen LogP contribution >= 0.6 is 21.6 Å². The Morgan fingerprint density at radius 2 is 1.91 bits per heavy atom. The van der Waals surface area contributed by atoms with Gasteiger partial charge in [-0.05, 0) is 6.92 Å². The molecule has 0 radical (unpaired) electrons. The minimum atomic E-state index is 0.293. The van der Waals surface area contributed by atoms with Gasteiger partial charge in [0.15, 0.2) is 0 Å². The highest BCUT2D eigenvalue weighted by Crippen LogP contribution is 2.31. The maximum absolute atomic E-state index is 5.53. The van der Waals surface area contributed by atoms with Crippen molar-refractivity contribution in [2.75, 3.05) is 25.2 Å². The zero-order valence-electron chi connectivity index (χ0n) is 6.91. The SMILES string of the molecule is CCO[C@H]1CSSC[C@@H]1OC. The molecule has 0 spiro atoms. The summed E-state index contributed by atoms with van der Waals surface area (Å²) in [7, 11) is 5.50. The predicted octanol–water partition coefficient (Wildman–Crippen LogP) is 1.80. The van der Waals surface area contributed by atoms with Crippen LogP contribution in [0.25, 0.3) is 0 Å². The Bertz CT molecular complexity index is 109. The van der Waals surface area contributed by atoms with Crippen LogP contribution in [-0.4, -0.2) is 37.4 Å². The van der Waals surface area contributed by atoms with Crippen LogP contribution < -0.4 is 0 Å². The summed E-state index contributed by atoms with van der Waals surface area (Å²) in [5.41, 5.74) is 0. The average molecular weight is 194 g/mol. The van der Waals surface area contributed by atoms with Crippen molar-refractivity contribution in [3.63, 3.8) is 0 Å². The molecule has 4 heteroatoms. The molecule has 0 aromatic rings. The molecule has 1 aliphatic heterocycles. The third kappa shape index (κ3) is 2.86. The Kier molecular flexibility index (Phi) is 4.67. The van der Waals surface area contributed by atoms with Crippen molar-refractivity contribution in [2.24, 2.45) is 0 Å². The van der Waals surface area contributed by atoms with Gasteiger partial charge in [-0.15, -0.1) is 0 Å². The van der Waals surface area contributed by atoms with Gasteiger partial charge in [-0.2, -0.15) is 0 Å². The van der Waals surface area contributed by atoms with Crippen LogP contribution in [0.1, 0.15) is 6.92 Å². The fourth-order valence-electron chi connectivity index (χ4n) is 1.03. The molecule has 1 fully saturated rings. The number of hydrogen-bond acceptors (Lipinski definition) is 4. The number of hydrogen-bond donors (Lipinski definition) is 0. The van der Waals surface area contributed by atoms with Crippen LogP contribution in [0.2, 0.25) is 0 Å². The van der Waals surface area contributed by atoms with Crippen LogP contribution in [0.5, 0.6) is 0 Å². The lowest BCUT2D eigenvalue weighted by Crippen LogP contribution is -2.37. The van der Waals surface area contributed by atoms with E-state index in [0.717, 1.165) is 18.1 Å². The Labute approximate surface area is 75.8 Å². The Hall–Kier alpha value is 0.620. The molecular formula is C7H14O2S2. The molecule has 0 aromatic carbocycles. The minimum Gasteiger partial charge on any atom is -0.378 e. The van der Waals surface area contributed by atoms with Gasteiger partial charge in [0, 0.05) is 25.2 Å². The van der Waals surface area contributed by atoms with Gasteiger partial charge in [0.1, 0.15) is 0 Å². The molecule has 0 N–H and O–H groups in total. The minimum absolute atomic E-state index is 0.293. The van der Waals surface area contributed by atoms with E-state index in [1.54, 1.807) is 7.11 Å². The smallest absolute Gasteiger partial charge is 0.0943 e. The Morgan fingerprint density at radius 1 is 1.27 bits per heavy atom. The van der Waals surface area contributed by atoms with Crippen LogP contribution in [0, 0.1) is 0 Å². The topological polar surface area (TPSA) is 18.5 Å². The van der Waals surface area contributed by atoms with E-state index >= 15 is 0 Å². The average Bonchev–Trinajstić information content (AvgIpc) is 2.06. The molecule has 0 saturated carbocycles. The second-order valence-electron chi connectivity index (χ2n) is 2.34. The summed E-state index contributed by atoms with van der Waals surface area (Å²) >= 11 is 0. The maximum atomic E-state index is 5.53. The molecule has 66 valence electrons. The van der Waals surface area contributed by atoms with Crippen molar-refractivity contribution >= 4 is 21.6 Å². The molecule has 0 unspecified atom stereocenters. The first-order valence-electron chi connectivity index (χ1n) is 3.77. The van der Waals surface area contributed by atoms with E-state index in [-0.39, 0.29) is 0 Å². The van der Waals surface area contributed by atoms with Crippen molar-refractivity contribution in [1.29, 1.82) is 0 Å². The predicted molar refractivity (Wildman–Crippen MR) is 51.1 cm³/mol. The summed E-state index contributed by atoms with van der Waals surface area (Å²) in [6, 6.07) is 0. The van der Waals surface area contributed by atoms with Crippen molar-refractivity contribution in [1.82, 2.24) is 0 Å². The molecule has 1 rings (SSSR count). The first-order valence-corrected chi connectivity index (χ1v) is 6.26. The monoisotopic (exact) mass is 194 g/mol. The van der Waals surface area contributed by atoms with Gasteiger partial charge >= 0.3 is 0 Å². The Morgan fingerprint density at radius 3 is 2.45 bits per heavy atom. The zero-order valence-corrected chi connectivity index (χ0v) is 8.54. The van der Waals surface area contributed by atoms with Crippen LogP contribution in [0.15, 0.2) is 0 Å². The second-order valence-corrected chi connectivity index (χ2v) is 4.89. The van der Waals surface area contributed by atoms with E-state index in [9.17, 15) is 0 Å². The van der Waals surface area contributed by atoms with Gasteiger partial charge < -0.3 is 9.47 Å². The third-order valence-corrected chi connectivity index (χ3v) is 4.06. The highest BCUT2D eigenvalue weighted by molar-refractivity contribution is 8.76. The first kappa shape index (κ1) is 9.71. The molecule has 1 heterocycles. The largest absolute Gasteiger partial charge is 0.378 e. The molecule has 0 amide bonds. The normalized spacial score (nSPS) is 32.2. The number of ether oxygens (including phenoxy) is 2. The molecule has 0 aliphatic carbocycles. The molecular weight excluding hydrogens is 180 g/mol.